The van der Waals surface area contributed by atoms with Crippen molar-refractivity contribution in [2.45, 2.75) is 32.8 Å². The molecule has 0 amide bonds. The molecule has 1 aromatic carbocycles. The summed E-state index contributed by atoms with van der Waals surface area (Å²) in [5.41, 5.74) is 1.05. The van der Waals surface area contributed by atoms with E-state index < -0.39 is 0 Å². The van der Waals surface area contributed by atoms with E-state index in [1.165, 1.54) is 0 Å². The van der Waals surface area contributed by atoms with Crippen LogP contribution in [0.25, 0.3) is 0 Å². The summed E-state index contributed by atoms with van der Waals surface area (Å²) in [6, 6.07) is 5.57. The number of ether oxygens (including phenoxy) is 1. The van der Waals surface area contributed by atoms with Crippen molar-refractivity contribution in [2.24, 2.45) is 5.92 Å². The third-order valence-corrected chi connectivity index (χ3v) is 2.96. The van der Waals surface area contributed by atoms with Crippen LogP contribution >= 0.6 is 11.6 Å². The van der Waals surface area contributed by atoms with Gasteiger partial charge in [0.25, 0.3) is 0 Å². The summed E-state index contributed by atoms with van der Waals surface area (Å²) < 4.78 is 5.25. The van der Waals surface area contributed by atoms with Gasteiger partial charge >= 0.3 is 0 Å². The van der Waals surface area contributed by atoms with Gasteiger partial charge in [0.15, 0.2) is 0 Å². The fourth-order valence-corrected chi connectivity index (χ4v) is 1.77. The van der Waals surface area contributed by atoms with E-state index in [1.54, 1.807) is 7.11 Å². The predicted octanol–water partition coefficient (Wildman–Crippen LogP) is 3.30. The van der Waals surface area contributed by atoms with Crippen molar-refractivity contribution in [2.75, 3.05) is 7.11 Å². The molecule has 1 unspecified atom stereocenters. The normalized spacial score (nSPS) is 12.9. The van der Waals surface area contributed by atoms with Crippen LogP contribution in [0.3, 0.4) is 0 Å². The second-order valence-electron chi connectivity index (χ2n) is 4.31. The Balaban J connectivity index is 2.68. The van der Waals surface area contributed by atoms with Crippen LogP contribution in [0.5, 0.6) is 5.75 Å². The van der Waals surface area contributed by atoms with Crippen LogP contribution in [0.1, 0.15) is 25.8 Å². The summed E-state index contributed by atoms with van der Waals surface area (Å²) in [7, 11) is 1.64. The highest BCUT2D eigenvalue weighted by molar-refractivity contribution is 6.30. The molecule has 0 saturated heterocycles. The lowest BCUT2D eigenvalue weighted by atomic mass is 9.99. The molecule has 0 aliphatic rings. The Morgan fingerprint density at radius 1 is 1.38 bits per heavy atom. The summed E-state index contributed by atoms with van der Waals surface area (Å²) in [6.45, 7) is 4.03. The summed E-state index contributed by atoms with van der Waals surface area (Å²) in [5.74, 6) is 1.12. The predicted molar refractivity (Wildman–Crippen MR) is 67.2 cm³/mol. The van der Waals surface area contributed by atoms with Gasteiger partial charge < -0.3 is 9.84 Å². The molecule has 3 heteroatoms. The average molecular weight is 243 g/mol. The third-order valence-electron chi connectivity index (χ3n) is 2.72. The van der Waals surface area contributed by atoms with Crippen LogP contribution in [0, 0.1) is 5.92 Å². The van der Waals surface area contributed by atoms with E-state index in [9.17, 15) is 5.11 Å². The molecule has 0 saturated carbocycles. The smallest absolute Gasteiger partial charge is 0.122 e. The molecule has 1 aromatic rings. The quantitative estimate of drug-likeness (QED) is 0.859. The van der Waals surface area contributed by atoms with Crippen LogP contribution < -0.4 is 4.74 Å². The lowest BCUT2D eigenvalue weighted by Gasteiger charge is -2.15. The van der Waals surface area contributed by atoms with Gasteiger partial charge in [-0.05, 0) is 42.5 Å². The molecule has 1 N–H and O–H groups in total. The van der Waals surface area contributed by atoms with Gasteiger partial charge in [-0.15, -0.1) is 0 Å². The maximum Gasteiger partial charge on any atom is 0.122 e. The van der Waals surface area contributed by atoms with E-state index in [1.807, 2.05) is 32.0 Å². The minimum absolute atomic E-state index is 0.274. The maximum absolute atomic E-state index is 9.75. The lowest BCUT2D eigenvalue weighted by molar-refractivity contribution is 0.116. The number of aryl methyl sites for hydroxylation is 1. The first-order valence-electron chi connectivity index (χ1n) is 5.55. The molecule has 1 atom stereocenters. The zero-order chi connectivity index (χ0) is 12.1. The van der Waals surface area contributed by atoms with Crippen molar-refractivity contribution in [3.63, 3.8) is 0 Å². The number of methoxy groups -OCH3 is 1. The SMILES string of the molecule is COc1ccc(Cl)cc1CCC(O)C(C)C. The molecule has 90 valence electrons. The highest BCUT2D eigenvalue weighted by atomic mass is 35.5. The standard InChI is InChI=1S/C13H19ClO2/c1-9(2)12(15)6-4-10-8-11(14)5-7-13(10)16-3/h5,7-9,12,15H,4,6H2,1-3H3. The summed E-state index contributed by atoms with van der Waals surface area (Å²) in [6.07, 6.45) is 1.24. The van der Waals surface area contributed by atoms with Crippen molar-refractivity contribution >= 4 is 11.6 Å². The Labute approximate surface area is 102 Å². The van der Waals surface area contributed by atoms with E-state index in [0.29, 0.717) is 5.02 Å². The molecule has 1 rings (SSSR count). The van der Waals surface area contributed by atoms with E-state index in [0.717, 1.165) is 24.2 Å². The van der Waals surface area contributed by atoms with Crippen molar-refractivity contribution in [3.05, 3.63) is 28.8 Å². The number of benzene rings is 1. The molecular formula is C13H19ClO2. The van der Waals surface area contributed by atoms with Gasteiger partial charge in [-0.2, -0.15) is 0 Å². The summed E-state index contributed by atoms with van der Waals surface area (Å²) in [4.78, 5) is 0. The molecule has 0 aliphatic heterocycles. The Morgan fingerprint density at radius 3 is 2.62 bits per heavy atom. The van der Waals surface area contributed by atoms with E-state index in [-0.39, 0.29) is 12.0 Å². The Hall–Kier alpha value is -0.730. The fraction of sp³-hybridized carbons (Fsp3) is 0.538. The number of aliphatic hydroxyl groups is 1. The van der Waals surface area contributed by atoms with Crippen molar-refractivity contribution in [1.82, 2.24) is 0 Å². The van der Waals surface area contributed by atoms with Crippen molar-refractivity contribution in [1.29, 1.82) is 0 Å². The van der Waals surface area contributed by atoms with Crippen molar-refractivity contribution < 1.29 is 9.84 Å². The van der Waals surface area contributed by atoms with Gasteiger partial charge in [-0.1, -0.05) is 25.4 Å². The maximum atomic E-state index is 9.75. The monoisotopic (exact) mass is 242 g/mol. The number of hydrogen-bond acceptors (Lipinski definition) is 2. The topological polar surface area (TPSA) is 29.5 Å². The number of halogens is 1. The molecule has 0 fully saturated rings. The molecule has 0 aliphatic carbocycles. The number of hydrogen-bond donors (Lipinski definition) is 1. The highest BCUT2D eigenvalue weighted by Crippen LogP contribution is 2.24. The molecule has 0 radical (unpaired) electrons. The lowest BCUT2D eigenvalue weighted by Crippen LogP contribution is -2.15. The second kappa shape index (κ2) is 6.12. The minimum atomic E-state index is -0.274. The molecule has 0 heterocycles. The first-order chi connectivity index (χ1) is 7.54. The second-order valence-corrected chi connectivity index (χ2v) is 4.74. The highest BCUT2D eigenvalue weighted by Gasteiger charge is 2.11. The van der Waals surface area contributed by atoms with Crippen LogP contribution in [0.15, 0.2) is 18.2 Å². The molecule has 0 aromatic heterocycles. The van der Waals surface area contributed by atoms with Gasteiger partial charge in [-0.3, -0.25) is 0 Å². The van der Waals surface area contributed by atoms with Crippen LogP contribution in [-0.2, 0) is 6.42 Å². The van der Waals surface area contributed by atoms with Gasteiger partial charge in [0.2, 0.25) is 0 Å². The Morgan fingerprint density at radius 2 is 2.06 bits per heavy atom. The third kappa shape index (κ3) is 3.69. The van der Waals surface area contributed by atoms with Gasteiger partial charge in [0, 0.05) is 5.02 Å². The van der Waals surface area contributed by atoms with Crippen LogP contribution in [0.4, 0.5) is 0 Å². The molecule has 16 heavy (non-hydrogen) atoms. The fourth-order valence-electron chi connectivity index (χ4n) is 1.58. The van der Waals surface area contributed by atoms with E-state index in [2.05, 4.69) is 0 Å². The summed E-state index contributed by atoms with van der Waals surface area (Å²) >= 11 is 5.93. The Kier molecular flexibility index (Phi) is 5.10. The van der Waals surface area contributed by atoms with E-state index in [4.69, 9.17) is 16.3 Å². The van der Waals surface area contributed by atoms with E-state index >= 15 is 0 Å². The first kappa shape index (κ1) is 13.3. The molecular weight excluding hydrogens is 224 g/mol. The summed E-state index contributed by atoms with van der Waals surface area (Å²) in [5, 5.41) is 10.5. The largest absolute Gasteiger partial charge is 0.496 e. The minimum Gasteiger partial charge on any atom is -0.496 e. The Bertz CT molecular complexity index is 337. The number of aliphatic hydroxyl groups excluding tert-OH is 1. The number of rotatable bonds is 5. The zero-order valence-electron chi connectivity index (χ0n) is 10.0. The van der Waals surface area contributed by atoms with Crippen molar-refractivity contribution in [3.8, 4) is 5.75 Å². The molecule has 2 nitrogen and oxygen atoms in total. The van der Waals surface area contributed by atoms with Gasteiger partial charge in [-0.25, -0.2) is 0 Å². The zero-order valence-corrected chi connectivity index (χ0v) is 10.8. The van der Waals surface area contributed by atoms with Gasteiger partial charge in [0.1, 0.15) is 5.75 Å². The molecule has 0 spiro atoms. The van der Waals surface area contributed by atoms with Crippen LogP contribution in [-0.4, -0.2) is 18.3 Å². The van der Waals surface area contributed by atoms with Gasteiger partial charge in [0.05, 0.1) is 13.2 Å². The average Bonchev–Trinajstić information content (AvgIpc) is 2.25. The van der Waals surface area contributed by atoms with Crippen LogP contribution in [0.2, 0.25) is 5.02 Å². The molecule has 0 bridgehead atoms. The first-order valence-corrected chi connectivity index (χ1v) is 5.93.